The summed E-state index contributed by atoms with van der Waals surface area (Å²) < 4.78 is 0. The molecule has 1 aromatic heterocycles. The number of carbonyl (C=O) groups is 3. The molecule has 2 fully saturated rings. The number of anilines is 1. The predicted molar refractivity (Wildman–Crippen MR) is 147 cm³/mol. The van der Waals surface area contributed by atoms with Crippen LogP contribution in [0.3, 0.4) is 0 Å². The molecule has 8 nitrogen and oxygen atoms in total. The molecule has 1 unspecified atom stereocenters. The number of amides is 3. The van der Waals surface area contributed by atoms with Crippen molar-refractivity contribution < 1.29 is 14.4 Å². The summed E-state index contributed by atoms with van der Waals surface area (Å²) in [6.45, 7) is 0.456. The highest BCUT2D eigenvalue weighted by Gasteiger charge is 2.42. The fraction of sp³-hybridized carbons (Fsp3) is 0.286. The molecule has 2 aromatic carbocycles. The molecule has 0 aliphatic carbocycles. The fourth-order valence-electron chi connectivity index (χ4n) is 5.40. The molecule has 2 saturated heterocycles. The third kappa shape index (κ3) is 5.47. The van der Waals surface area contributed by atoms with E-state index < -0.39 is 5.91 Å². The van der Waals surface area contributed by atoms with Gasteiger partial charge in [-0.3, -0.25) is 14.4 Å². The van der Waals surface area contributed by atoms with E-state index in [-0.39, 0.29) is 51.1 Å². The number of carbonyl (C=O) groups excluding carboxylic acids is 3. The number of fused-ring (bicyclic) bond motifs is 2. The van der Waals surface area contributed by atoms with E-state index in [0.717, 1.165) is 37.1 Å². The zero-order valence-electron chi connectivity index (χ0n) is 20.5. The van der Waals surface area contributed by atoms with Crippen molar-refractivity contribution in [2.24, 2.45) is 5.73 Å². The summed E-state index contributed by atoms with van der Waals surface area (Å²) in [5.74, 6) is -0.379. The largest absolute Gasteiger partial charge is 0.366 e. The molecule has 2 aliphatic heterocycles. The molecule has 3 aromatic rings. The van der Waals surface area contributed by atoms with Gasteiger partial charge < -0.3 is 21.3 Å². The van der Waals surface area contributed by atoms with Gasteiger partial charge in [0.25, 0.3) is 11.8 Å². The summed E-state index contributed by atoms with van der Waals surface area (Å²) in [7, 11) is 0. The van der Waals surface area contributed by atoms with Crippen molar-refractivity contribution in [3.05, 3.63) is 93.1 Å². The van der Waals surface area contributed by atoms with E-state index in [4.69, 9.17) is 28.9 Å². The van der Waals surface area contributed by atoms with Crippen molar-refractivity contribution in [1.82, 2.24) is 15.6 Å². The van der Waals surface area contributed by atoms with Crippen molar-refractivity contribution in [3.8, 4) is 0 Å². The second kappa shape index (κ2) is 11.0. The van der Waals surface area contributed by atoms with Crippen molar-refractivity contribution in [2.45, 2.75) is 50.4 Å². The zero-order chi connectivity index (χ0) is 26.8. The van der Waals surface area contributed by atoms with Crippen LogP contribution < -0.4 is 21.3 Å². The maximum absolute atomic E-state index is 13.0. The van der Waals surface area contributed by atoms with Crippen LogP contribution in [0.5, 0.6) is 0 Å². The number of hydrogen-bond donors (Lipinski definition) is 3. The molecule has 0 spiro atoms. The first-order valence-corrected chi connectivity index (χ1v) is 13.2. The van der Waals surface area contributed by atoms with E-state index in [0.29, 0.717) is 12.1 Å². The number of rotatable bonds is 7. The van der Waals surface area contributed by atoms with E-state index in [1.807, 2.05) is 36.4 Å². The first-order chi connectivity index (χ1) is 18.3. The Kier molecular flexibility index (Phi) is 7.53. The Morgan fingerprint density at radius 2 is 1.58 bits per heavy atom. The number of nitrogens with one attached hydrogen (secondary N) is 2. The molecule has 3 amide bonds. The second-order valence-electron chi connectivity index (χ2n) is 9.68. The van der Waals surface area contributed by atoms with Gasteiger partial charge in [-0.2, -0.15) is 0 Å². The lowest BCUT2D eigenvalue weighted by Gasteiger charge is -2.40. The maximum Gasteiger partial charge on any atom is 0.253 e. The average Bonchev–Trinajstić information content (AvgIpc) is 3.18. The molecular weight excluding hydrogens is 525 g/mol. The lowest BCUT2D eigenvalue weighted by atomic mass is 9.96. The minimum atomic E-state index is -0.706. The third-order valence-corrected chi connectivity index (χ3v) is 7.83. The predicted octanol–water partition coefficient (Wildman–Crippen LogP) is 4.35. The van der Waals surface area contributed by atoms with Crippen LogP contribution in [0.2, 0.25) is 10.0 Å². The highest BCUT2D eigenvalue weighted by Crippen LogP contribution is 2.39. The summed E-state index contributed by atoms with van der Waals surface area (Å²) in [5, 5.41) is 6.21. The van der Waals surface area contributed by atoms with Crippen molar-refractivity contribution in [3.63, 3.8) is 0 Å². The lowest BCUT2D eigenvalue weighted by molar-refractivity contribution is 0.0923. The molecule has 3 heterocycles. The first-order valence-electron chi connectivity index (χ1n) is 12.5. The zero-order valence-corrected chi connectivity index (χ0v) is 22.0. The number of hydrogen-bond acceptors (Lipinski definition) is 5. The summed E-state index contributed by atoms with van der Waals surface area (Å²) in [5.41, 5.74) is 7.13. The summed E-state index contributed by atoms with van der Waals surface area (Å²) in [4.78, 5) is 43.9. The van der Waals surface area contributed by atoms with Crippen molar-refractivity contribution in [2.75, 3.05) is 4.90 Å². The second-order valence-corrected chi connectivity index (χ2v) is 10.5. The number of primary amides is 1. The Hall–Kier alpha value is -3.62. The van der Waals surface area contributed by atoms with E-state index in [9.17, 15) is 14.4 Å². The molecule has 0 radical (unpaired) electrons. The Morgan fingerprint density at radius 3 is 2.21 bits per heavy atom. The quantitative estimate of drug-likeness (QED) is 0.403. The molecule has 10 heteroatoms. The highest BCUT2D eigenvalue weighted by molar-refractivity contribution is 6.38. The molecule has 4 N–H and O–H groups in total. The minimum absolute atomic E-state index is 0.0371. The van der Waals surface area contributed by atoms with Gasteiger partial charge in [0.05, 0.1) is 26.7 Å². The smallest absolute Gasteiger partial charge is 0.253 e. The molecule has 5 rings (SSSR count). The van der Waals surface area contributed by atoms with Crippen molar-refractivity contribution >= 4 is 46.7 Å². The standard InChI is InChI=1S/C28H27Cl2N5O3/c29-23-13-22(24(30)12-21(23)26(31)36)28(38)34-18-10-19-7-8-20(11-18)35(19)25-9-6-17(15-32-25)27(37)33-14-16-4-2-1-3-5-16/h1-6,9,12-13,15,18-20H,7-8,10-11,14H2,(H2,31,36)(H,33,37)(H,34,38)/t18?,19-,20+. The lowest BCUT2D eigenvalue weighted by Crippen LogP contribution is -2.50. The van der Waals surface area contributed by atoms with Crippen molar-refractivity contribution in [1.29, 1.82) is 0 Å². The van der Waals surface area contributed by atoms with Gasteiger partial charge >= 0.3 is 0 Å². The van der Waals surface area contributed by atoms with Gasteiger partial charge in [0.2, 0.25) is 5.91 Å². The van der Waals surface area contributed by atoms with Crippen LogP contribution in [-0.2, 0) is 6.54 Å². The number of halogens is 2. The number of aromatic nitrogens is 1. The number of nitrogens with two attached hydrogens (primary N) is 1. The Labute approximate surface area is 230 Å². The van der Waals surface area contributed by atoms with Crippen LogP contribution in [0.1, 0.15) is 62.3 Å². The van der Waals surface area contributed by atoms with Crippen LogP contribution in [0.15, 0.2) is 60.8 Å². The van der Waals surface area contributed by atoms with Crippen LogP contribution in [0.4, 0.5) is 5.82 Å². The van der Waals surface area contributed by atoms with Crippen LogP contribution in [-0.4, -0.2) is 40.8 Å². The van der Waals surface area contributed by atoms with E-state index >= 15 is 0 Å². The van der Waals surface area contributed by atoms with E-state index in [1.54, 1.807) is 12.3 Å². The monoisotopic (exact) mass is 551 g/mol. The number of pyridine rings is 1. The Bertz CT molecular complexity index is 1350. The number of benzene rings is 2. The average molecular weight is 552 g/mol. The first kappa shape index (κ1) is 26.0. The van der Waals surface area contributed by atoms with E-state index in [2.05, 4.69) is 20.5 Å². The maximum atomic E-state index is 13.0. The van der Waals surface area contributed by atoms with Gasteiger partial charge in [-0.15, -0.1) is 0 Å². The fourth-order valence-corrected chi connectivity index (χ4v) is 5.90. The van der Waals surface area contributed by atoms with Crippen LogP contribution >= 0.6 is 23.2 Å². The summed E-state index contributed by atoms with van der Waals surface area (Å²) in [6, 6.07) is 16.6. The molecule has 0 saturated carbocycles. The Balaban J connectivity index is 1.20. The molecule has 38 heavy (non-hydrogen) atoms. The molecule has 196 valence electrons. The Morgan fingerprint density at radius 1 is 0.921 bits per heavy atom. The van der Waals surface area contributed by atoms with Gasteiger partial charge in [0, 0.05) is 30.9 Å². The van der Waals surface area contributed by atoms with Gasteiger partial charge in [0.1, 0.15) is 5.82 Å². The topological polar surface area (TPSA) is 117 Å². The normalized spacial score (nSPS) is 20.2. The number of nitrogens with zero attached hydrogens (tertiary/aromatic N) is 2. The molecule has 3 atom stereocenters. The molecule has 2 aliphatic rings. The van der Waals surface area contributed by atoms with Gasteiger partial charge in [-0.25, -0.2) is 4.98 Å². The highest BCUT2D eigenvalue weighted by atomic mass is 35.5. The van der Waals surface area contributed by atoms with E-state index in [1.165, 1.54) is 12.1 Å². The SMILES string of the molecule is NC(=O)c1cc(Cl)c(C(=O)NC2C[C@H]3CC[C@@H](C2)N3c2ccc(C(=O)NCc3ccccc3)cn2)cc1Cl. The van der Waals surface area contributed by atoms with Crippen LogP contribution in [0.25, 0.3) is 0 Å². The van der Waals surface area contributed by atoms with Gasteiger partial charge in [-0.1, -0.05) is 53.5 Å². The summed E-state index contributed by atoms with van der Waals surface area (Å²) >= 11 is 12.4. The van der Waals surface area contributed by atoms with Gasteiger partial charge in [-0.05, 0) is 55.5 Å². The molecular formula is C28H27Cl2N5O3. The van der Waals surface area contributed by atoms with Gasteiger partial charge in [0.15, 0.2) is 0 Å². The molecule has 2 bridgehead atoms. The number of piperidine rings is 1. The minimum Gasteiger partial charge on any atom is -0.366 e. The summed E-state index contributed by atoms with van der Waals surface area (Å²) in [6.07, 6.45) is 5.13. The third-order valence-electron chi connectivity index (χ3n) is 7.21. The van der Waals surface area contributed by atoms with Crippen LogP contribution in [0, 0.1) is 0 Å².